The molecule has 0 spiro atoms. The Morgan fingerprint density at radius 3 is 2.93 bits per heavy atom. The molecule has 1 N–H and O–H groups in total. The van der Waals surface area contributed by atoms with E-state index in [4.69, 9.17) is 5.11 Å². The maximum absolute atomic E-state index is 12.7. The number of likely N-dealkylation sites (N-methyl/N-ethyl adjacent to an activating group) is 1. The summed E-state index contributed by atoms with van der Waals surface area (Å²) in [6.45, 7) is 4.23. The van der Waals surface area contributed by atoms with Crippen LogP contribution in [-0.2, 0) is 6.54 Å². The second-order valence-corrected chi connectivity index (χ2v) is 3.08. The molecule has 0 aromatic carbocycles. The van der Waals surface area contributed by atoms with Crippen molar-refractivity contribution in [2.24, 2.45) is 0 Å². The standard InChI is InChI=1S/C10H15FN2O/c1-2-13(5-6-14)8-9-3-4-12-10(11)7-9/h3-4,7,14H,2,5-6,8H2,1H3. The summed E-state index contributed by atoms with van der Waals surface area (Å²) in [6, 6.07) is 3.20. The van der Waals surface area contributed by atoms with Crippen molar-refractivity contribution >= 4 is 0 Å². The predicted molar refractivity (Wildman–Crippen MR) is 52.2 cm³/mol. The molecule has 1 aromatic rings. The van der Waals surface area contributed by atoms with E-state index in [1.165, 1.54) is 12.3 Å². The van der Waals surface area contributed by atoms with Crippen molar-refractivity contribution in [2.45, 2.75) is 13.5 Å². The van der Waals surface area contributed by atoms with Crippen LogP contribution in [0.5, 0.6) is 0 Å². The lowest BCUT2D eigenvalue weighted by Crippen LogP contribution is -2.26. The molecule has 14 heavy (non-hydrogen) atoms. The van der Waals surface area contributed by atoms with Crippen LogP contribution in [0.25, 0.3) is 0 Å². The normalized spacial score (nSPS) is 10.9. The number of aliphatic hydroxyl groups excluding tert-OH is 1. The van der Waals surface area contributed by atoms with E-state index in [9.17, 15) is 4.39 Å². The van der Waals surface area contributed by atoms with Crippen molar-refractivity contribution < 1.29 is 9.50 Å². The van der Waals surface area contributed by atoms with E-state index in [1.54, 1.807) is 6.07 Å². The number of rotatable bonds is 5. The fraction of sp³-hybridized carbons (Fsp3) is 0.500. The second-order valence-electron chi connectivity index (χ2n) is 3.08. The number of pyridine rings is 1. The van der Waals surface area contributed by atoms with Crippen LogP contribution in [0.3, 0.4) is 0 Å². The van der Waals surface area contributed by atoms with E-state index < -0.39 is 5.95 Å². The first-order valence-corrected chi connectivity index (χ1v) is 4.70. The van der Waals surface area contributed by atoms with Crippen LogP contribution in [0.1, 0.15) is 12.5 Å². The summed E-state index contributed by atoms with van der Waals surface area (Å²) in [7, 11) is 0. The van der Waals surface area contributed by atoms with Crippen LogP contribution >= 0.6 is 0 Å². The molecule has 0 bridgehead atoms. The monoisotopic (exact) mass is 198 g/mol. The first-order chi connectivity index (χ1) is 6.76. The van der Waals surface area contributed by atoms with Gasteiger partial charge in [0.1, 0.15) is 0 Å². The van der Waals surface area contributed by atoms with E-state index in [0.29, 0.717) is 13.1 Å². The van der Waals surface area contributed by atoms with E-state index >= 15 is 0 Å². The zero-order valence-electron chi connectivity index (χ0n) is 8.28. The third-order valence-electron chi connectivity index (χ3n) is 2.06. The van der Waals surface area contributed by atoms with Gasteiger partial charge in [0, 0.05) is 19.3 Å². The van der Waals surface area contributed by atoms with E-state index in [2.05, 4.69) is 4.98 Å². The lowest BCUT2D eigenvalue weighted by Gasteiger charge is -2.18. The first kappa shape index (κ1) is 11.1. The third kappa shape index (κ3) is 3.40. The molecular weight excluding hydrogens is 183 g/mol. The van der Waals surface area contributed by atoms with Gasteiger partial charge >= 0.3 is 0 Å². The Kier molecular flexibility index (Phi) is 4.49. The van der Waals surface area contributed by atoms with Gasteiger partial charge in [-0.2, -0.15) is 4.39 Å². The Labute approximate surface area is 83.2 Å². The Hall–Kier alpha value is -1.00. The molecule has 0 saturated heterocycles. The molecule has 0 aliphatic rings. The van der Waals surface area contributed by atoms with Gasteiger partial charge in [0.15, 0.2) is 0 Å². The highest BCUT2D eigenvalue weighted by atomic mass is 19.1. The Balaban J connectivity index is 2.57. The summed E-state index contributed by atoms with van der Waals surface area (Å²) < 4.78 is 12.7. The molecule has 1 heterocycles. The maximum Gasteiger partial charge on any atom is 0.213 e. The van der Waals surface area contributed by atoms with E-state index in [0.717, 1.165) is 12.1 Å². The smallest absolute Gasteiger partial charge is 0.213 e. The molecule has 0 radical (unpaired) electrons. The molecule has 0 atom stereocenters. The highest BCUT2D eigenvalue weighted by Crippen LogP contribution is 2.04. The fourth-order valence-corrected chi connectivity index (χ4v) is 1.29. The van der Waals surface area contributed by atoms with Crippen molar-refractivity contribution in [1.29, 1.82) is 0 Å². The van der Waals surface area contributed by atoms with E-state index in [-0.39, 0.29) is 6.61 Å². The number of nitrogens with zero attached hydrogens (tertiary/aromatic N) is 2. The third-order valence-corrected chi connectivity index (χ3v) is 2.06. The summed E-state index contributed by atoms with van der Waals surface area (Å²) in [6.07, 6.45) is 1.46. The van der Waals surface area contributed by atoms with Crippen LogP contribution < -0.4 is 0 Å². The molecule has 0 aliphatic heterocycles. The van der Waals surface area contributed by atoms with Crippen molar-refractivity contribution in [2.75, 3.05) is 19.7 Å². The summed E-state index contributed by atoms with van der Waals surface area (Å²) in [5.74, 6) is -0.456. The van der Waals surface area contributed by atoms with Gasteiger partial charge in [0.2, 0.25) is 5.95 Å². The van der Waals surface area contributed by atoms with Crippen LogP contribution in [0.2, 0.25) is 0 Å². The Morgan fingerprint density at radius 2 is 2.36 bits per heavy atom. The molecular formula is C10H15FN2O. The van der Waals surface area contributed by atoms with Crippen LogP contribution in [-0.4, -0.2) is 34.7 Å². The second kappa shape index (κ2) is 5.67. The first-order valence-electron chi connectivity index (χ1n) is 4.70. The average Bonchev–Trinajstić information content (AvgIpc) is 2.17. The van der Waals surface area contributed by atoms with Gasteiger partial charge in [0.25, 0.3) is 0 Å². The molecule has 0 amide bonds. The van der Waals surface area contributed by atoms with Gasteiger partial charge in [-0.15, -0.1) is 0 Å². The zero-order chi connectivity index (χ0) is 10.4. The number of halogens is 1. The Morgan fingerprint density at radius 1 is 1.57 bits per heavy atom. The molecule has 3 nitrogen and oxygen atoms in total. The van der Waals surface area contributed by atoms with Gasteiger partial charge in [-0.05, 0) is 24.2 Å². The predicted octanol–water partition coefficient (Wildman–Crippen LogP) is 1.03. The highest BCUT2D eigenvalue weighted by molar-refractivity contribution is 5.10. The zero-order valence-corrected chi connectivity index (χ0v) is 8.28. The highest BCUT2D eigenvalue weighted by Gasteiger charge is 2.03. The van der Waals surface area contributed by atoms with Gasteiger partial charge in [-0.3, -0.25) is 4.90 Å². The fourth-order valence-electron chi connectivity index (χ4n) is 1.29. The molecule has 0 fully saturated rings. The van der Waals surface area contributed by atoms with Crippen LogP contribution in [0.4, 0.5) is 4.39 Å². The van der Waals surface area contributed by atoms with Crippen molar-refractivity contribution in [1.82, 2.24) is 9.88 Å². The molecule has 78 valence electrons. The van der Waals surface area contributed by atoms with Crippen molar-refractivity contribution in [3.63, 3.8) is 0 Å². The van der Waals surface area contributed by atoms with E-state index in [1.807, 2.05) is 11.8 Å². The Bertz CT molecular complexity index is 281. The van der Waals surface area contributed by atoms with Crippen LogP contribution in [0.15, 0.2) is 18.3 Å². The summed E-state index contributed by atoms with van der Waals surface area (Å²) in [5, 5.41) is 8.77. The van der Waals surface area contributed by atoms with Crippen molar-refractivity contribution in [3.05, 3.63) is 29.8 Å². The maximum atomic E-state index is 12.7. The van der Waals surface area contributed by atoms with Gasteiger partial charge in [-0.25, -0.2) is 4.98 Å². The molecule has 1 aromatic heterocycles. The van der Waals surface area contributed by atoms with Gasteiger partial charge in [-0.1, -0.05) is 6.92 Å². The minimum atomic E-state index is -0.456. The number of hydrogen-bond acceptors (Lipinski definition) is 3. The van der Waals surface area contributed by atoms with Gasteiger partial charge < -0.3 is 5.11 Å². The lowest BCUT2D eigenvalue weighted by molar-refractivity contribution is 0.196. The quantitative estimate of drug-likeness (QED) is 0.718. The number of aliphatic hydroxyl groups is 1. The largest absolute Gasteiger partial charge is 0.395 e. The number of hydrogen-bond donors (Lipinski definition) is 1. The molecule has 0 unspecified atom stereocenters. The number of aromatic nitrogens is 1. The van der Waals surface area contributed by atoms with Crippen LogP contribution in [0, 0.1) is 5.95 Å². The topological polar surface area (TPSA) is 36.4 Å². The minimum absolute atomic E-state index is 0.126. The lowest BCUT2D eigenvalue weighted by atomic mass is 10.2. The SMILES string of the molecule is CCN(CCO)Cc1ccnc(F)c1. The minimum Gasteiger partial charge on any atom is -0.395 e. The summed E-state index contributed by atoms with van der Waals surface area (Å²) >= 11 is 0. The molecule has 0 saturated carbocycles. The van der Waals surface area contributed by atoms with Gasteiger partial charge in [0.05, 0.1) is 6.61 Å². The molecule has 1 rings (SSSR count). The molecule has 4 heteroatoms. The summed E-state index contributed by atoms with van der Waals surface area (Å²) in [4.78, 5) is 5.52. The average molecular weight is 198 g/mol. The molecule has 0 aliphatic carbocycles. The summed E-state index contributed by atoms with van der Waals surface area (Å²) in [5.41, 5.74) is 0.882. The van der Waals surface area contributed by atoms with Crippen molar-refractivity contribution in [3.8, 4) is 0 Å².